The molecule has 2 N–H and O–H groups in total. The highest BCUT2D eigenvalue weighted by molar-refractivity contribution is 5.68. The van der Waals surface area contributed by atoms with Crippen molar-refractivity contribution in [1.29, 1.82) is 0 Å². The molecule has 29 heavy (non-hydrogen) atoms. The first kappa shape index (κ1) is 23.4. The Morgan fingerprint density at radius 1 is 1.03 bits per heavy atom. The van der Waals surface area contributed by atoms with Gasteiger partial charge in [0.05, 0.1) is 26.4 Å². The summed E-state index contributed by atoms with van der Waals surface area (Å²) < 4.78 is 16.6. The van der Waals surface area contributed by atoms with Crippen molar-refractivity contribution in [3.8, 4) is 0 Å². The molecule has 1 aliphatic heterocycles. The van der Waals surface area contributed by atoms with E-state index >= 15 is 0 Å². The molecule has 2 rings (SSSR count). The van der Waals surface area contributed by atoms with Crippen LogP contribution in [0.3, 0.4) is 0 Å². The summed E-state index contributed by atoms with van der Waals surface area (Å²) in [5.74, 6) is 0. The molecule has 1 saturated heterocycles. The number of amides is 1. The molecule has 0 spiro atoms. The van der Waals surface area contributed by atoms with Gasteiger partial charge in [0, 0.05) is 37.9 Å². The largest absolute Gasteiger partial charge is 0.444 e. The zero-order valence-electron chi connectivity index (χ0n) is 18.1. The first-order valence-electron chi connectivity index (χ1n) is 10.6. The van der Waals surface area contributed by atoms with E-state index in [1.54, 1.807) is 0 Å². The molecule has 7 heteroatoms. The van der Waals surface area contributed by atoms with Crippen LogP contribution in [0.1, 0.15) is 33.6 Å². The van der Waals surface area contributed by atoms with Crippen LogP contribution < -0.4 is 10.6 Å². The molecule has 0 atom stereocenters. The van der Waals surface area contributed by atoms with Gasteiger partial charge in [-0.25, -0.2) is 4.79 Å². The number of hydrogen-bond acceptors (Lipinski definition) is 6. The zero-order chi connectivity index (χ0) is 21.0. The van der Waals surface area contributed by atoms with Crippen molar-refractivity contribution >= 4 is 11.8 Å². The van der Waals surface area contributed by atoms with E-state index in [0.29, 0.717) is 26.4 Å². The third kappa shape index (κ3) is 11.1. The number of piperidine rings is 1. The second-order valence-electron chi connectivity index (χ2n) is 8.28. The predicted octanol–water partition coefficient (Wildman–Crippen LogP) is 3.12. The molecule has 0 aromatic heterocycles. The lowest BCUT2D eigenvalue weighted by molar-refractivity contribution is 0.0357. The molecular formula is C22H37N3O4. The first-order chi connectivity index (χ1) is 13.9. The number of nitrogens with zero attached hydrogens (tertiary/aromatic N) is 1. The number of carbonyl (C=O) groups excluding carboxylic acids is 1. The topological polar surface area (TPSA) is 72.1 Å². The molecular weight excluding hydrogens is 370 g/mol. The van der Waals surface area contributed by atoms with Gasteiger partial charge in [0.15, 0.2) is 0 Å². The van der Waals surface area contributed by atoms with Crippen LogP contribution in [-0.4, -0.2) is 75.2 Å². The van der Waals surface area contributed by atoms with Crippen molar-refractivity contribution in [3.05, 3.63) is 30.3 Å². The molecule has 164 valence electrons. The molecule has 0 aliphatic carbocycles. The van der Waals surface area contributed by atoms with E-state index in [0.717, 1.165) is 44.7 Å². The lowest BCUT2D eigenvalue weighted by Crippen LogP contribution is -2.46. The average Bonchev–Trinajstić information content (AvgIpc) is 2.67. The number of ether oxygens (including phenoxy) is 3. The number of para-hydroxylation sites is 1. The molecule has 1 fully saturated rings. The van der Waals surface area contributed by atoms with Crippen LogP contribution in [0.25, 0.3) is 0 Å². The Morgan fingerprint density at radius 3 is 2.34 bits per heavy atom. The highest BCUT2D eigenvalue weighted by Crippen LogP contribution is 2.12. The Labute approximate surface area is 175 Å². The smallest absolute Gasteiger partial charge is 0.407 e. The Balaban J connectivity index is 1.40. The third-order valence-corrected chi connectivity index (χ3v) is 4.58. The average molecular weight is 408 g/mol. The Hall–Kier alpha value is -1.83. The van der Waals surface area contributed by atoms with Gasteiger partial charge in [0.25, 0.3) is 0 Å². The number of nitrogens with one attached hydrogen (secondary N) is 2. The number of likely N-dealkylation sites (tertiary alicyclic amines) is 1. The normalized spacial score (nSPS) is 15.8. The lowest BCUT2D eigenvalue weighted by atomic mass is 10.1. The number of hydrogen-bond donors (Lipinski definition) is 2. The maximum Gasteiger partial charge on any atom is 0.407 e. The molecule has 1 aromatic rings. The number of carbonyl (C=O) groups is 1. The van der Waals surface area contributed by atoms with E-state index in [4.69, 9.17) is 14.2 Å². The Bertz CT molecular complexity index is 569. The summed E-state index contributed by atoms with van der Waals surface area (Å²) in [7, 11) is 0. The number of anilines is 1. The van der Waals surface area contributed by atoms with Crippen molar-refractivity contribution in [3.63, 3.8) is 0 Å². The standard InChI is InChI=1S/C22H37N3O4/c1-22(2,3)29-21(26)24-20-9-12-25(13-10-20)14-16-28-18-17-27-15-11-23-19-7-5-4-6-8-19/h4-8,20,23H,9-18H2,1-3H3,(H,24,26). The summed E-state index contributed by atoms with van der Waals surface area (Å²) in [5, 5.41) is 6.28. The van der Waals surface area contributed by atoms with Crippen LogP contribution in [0.15, 0.2) is 30.3 Å². The fraction of sp³-hybridized carbons (Fsp3) is 0.682. The molecule has 1 aromatic carbocycles. The van der Waals surface area contributed by atoms with Crippen LogP contribution in [-0.2, 0) is 14.2 Å². The van der Waals surface area contributed by atoms with Gasteiger partial charge >= 0.3 is 6.09 Å². The highest BCUT2D eigenvalue weighted by atomic mass is 16.6. The van der Waals surface area contributed by atoms with Crippen molar-refractivity contribution in [2.75, 3.05) is 57.9 Å². The van der Waals surface area contributed by atoms with Crippen LogP contribution in [0.4, 0.5) is 10.5 Å². The van der Waals surface area contributed by atoms with E-state index in [-0.39, 0.29) is 12.1 Å². The van der Waals surface area contributed by atoms with Gasteiger partial charge < -0.3 is 29.7 Å². The summed E-state index contributed by atoms with van der Waals surface area (Å²) in [6, 6.07) is 10.3. The SMILES string of the molecule is CC(C)(C)OC(=O)NC1CCN(CCOCCOCCNc2ccccc2)CC1. The van der Waals surface area contributed by atoms with Gasteiger partial charge in [0.1, 0.15) is 5.60 Å². The maximum absolute atomic E-state index is 11.8. The van der Waals surface area contributed by atoms with Crippen LogP contribution in [0.5, 0.6) is 0 Å². The van der Waals surface area contributed by atoms with E-state index < -0.39 is 5.60 Å². The Kier molecular flexibility index (Phi) is 10.2. The third-order valence-electron chi connectivity index (χ3n) is 4.58. The quantitative estimate of drug-likeness (QED) is 0.549. The minimum absolute atomic E-state index is 0.194. The van der Waals surface area contributed by atoms with Gasteiger partial charge in [0.2, 0.25) is 0 Å². The van der Waals surface area contributed by atoms with Gasteiger partial charge in [-0.2, -0.15) is 0 Å². The monoisotopic (exact) mass is 407 g/mol. The summed E-state index contributed by atoms with van der Waals surface area (Å²) in [5.41, 5.74) is 0.655. The van der Waals surface area contributed by atoms with E-state index in [2.05, 4.69) is 15.5 Å². The first-order valence-corrected chi connectivity index (χ1v) is 10.6. The van der Waals surface area contributed by atoms with Crippen LogP contribution >= 0.6 is 0 Å². The van der Waals surface area contributed by atoms with Gasteiger partial charge in [-0.05, 0) is 45.7 Å². The molecule has 7 nitrogen and oxygen atoms in total. The molecule has 1 aliphatic rings. The zero-order valence-corrected chi connectivity index (χ0v) is 18.1. The Morgan fingerprint density at radius 2 is 1.69 bits per heavy atom. The minimum atomic E-state index is -0.454. The molecule has 0 radical (unpaired) electrons. The predicted molar refractivity (Wildman–Crippen MR) is 115 cm³/mol. The second-order valence-corrected chi connectivity index (χ2v) is 8.28. The summed E-state index contributed by atoms with van der Waals surface area (Å²) in [4.78, 5) is 14.2. The summed E-state index contributed by atoms with van der Waals surface area (Å²) in [6.07, 6.45) is 1.56. The number of rotatable bonds is 11. The van der Waals surface area contributed by atoms with E-state index in [9.17, 15) is 4.79 Å². The lowest BCUT2D eigenvalue weighted by Gasteiger charge is -2.32. The van der Waals surface area contributed by atoms with Crippen molar-refractivity contribution in [2.45, 2.75) is 45.3 Å². The molecule has 1 heterocycles. The van der Waals surface area contributed by atoms with Crippen molar-refractivity contribution in [1.82, 2.24) is 10.2 Å². The summed E-state index contributed by atoms with van der Waals surface area (Å²) in [6.45, 7) is 11.8. The molecule has 0 saturated carbocycles. The minimum Gasteiger partial charge on any atom is -0.444 e. The number of alkyl carbamates (subject to hydrolysis) is 1. The highest BCUT2D eigenvalue weighted by Gasteiger charge is 2.23. The molecule has 0 bridgehead atoms. The molecule has 0 unspecified atom stereocenters. The van der Waals surface area contributed by atoms with Crippen molar-refractivity contribution < 1.29 is 19.0 Å². The van der Waals surface area contributed by atoms with E-state index in [1.165, 1.54) is 0 Å². The van der Waals surface area contributed by atoms with E-state index in [1.807, 2.05) is 51.1 Å². The van der Waals surface area contributed by atoms with Crippen LogP contribution in [0, 0.1) is 0 Å². The molecule has 1 amide bonds. The van der Waals surface area contributed by atoms with Gasteiger partial charge in [-0.3, -0.25) is 0 Å². The number of benzene rings is 1. The van der Waals surface area contributed by atoms with Crippen LogP contribution in [0.2, 0.25) is 0 Å². The maximum atomic E-state index is 11.8. The summed E-state index contributed by atoms with van der Waals surface area (Å²) >= 11 is 0. The van der Waals surface area contributed by atoms with Crippen molar-refractivity contribution in [2.24, 2.45) is 0 Å². The fourth-order valence-corrected chi connectivity index (χ4v) is 3.11. The van der Waals surface area contributed by atoms with Gasteiger partial charge in [-0.1, -0.05) is 18.2 Å². The van der Waals surface area contributed by atoms with Gasteiger partial charge in [-0.15, -0.1) is 0 Å². The fourth-order valence-electron chi connectivity index (χ4n) is 3.11. The second kappa shape index (κ2) is 12.7.